The first-order valence-corrected chi connectivity index (χ1v) is 14.1. The van der Waals surface area contributed by atoms with E-state index in [4.69, 9.17) is 9.47 Å². The highest BCUT2D eigenvalue weighted by Gasteiger charge is 2.37. The van der Waals surface area contributed by atoms with Crippen molar-refractivity contribution >= 4 is 33.8 Å². The molecule has 2 heterocycles. The number of nitrogens with zero attached hydrogens (tertiary/aromatic N) is 2. The molecule has 3 rings (SSSR count). The lowest BCUT2D eigenvalue weighted by Crippen LogP contribution is -2.49. The normalized spacial score (nSPS) is 17.8. The average Bonchev–Trinajstić information content (AvgIpc) is 3.31. The first kappa shape index (κ1) is 30.8. The summed E-state index contributed by atoms with van der Waals surface area (Å²) in [5, 5.41) is 15.1. The van der Waals surface area contributed by atoms with Crippen molar-refractivity contribution in [1.29, 1.82) is 0 Å². The summed E-state index contributed by atoms with van der Waals surface area (Å²) in [5.74, 6) is -1.43. The minimum absolute atomic E-state index is 0.00231. The van der Waals surface area contributed by atoms with Crippen LogP contribution in [0.4, 0.5) is 10.6 Å². The van der Waals surface area contributed by atoms with Crippen molar-refractivity contribution < 1.29 is 37.4 Å². The molecule has 14 heteroatoms. The molecule has 4 N–H and O–H groups in total. The third-order valence-electron chi connectivity index (χ3n) is 6.39. The second-order valence-corrected chi connectivity index (χ2v) is 11.2. The Bertz CT molecular complexity index is 1300. The van der Waals surface area contributed by atoms with Crippen molar-refractivity contribution in [1.82, 2.24) is 19.9 Å². The molecule has 40 heavy (non-hydrogen) atoms. The fourth-order valence-electron chi connectivity index (χ4n) is 4.70. The van der Waals surface area contributed by atoms with Crippen LogP contribution in [0.2, 0.25) is 0 Å². The summed E-state index contributed by atoms with van der Waals surface area (Å²) >= 11 is 0. The zero-order valence-electron chi connectivity index (χ0n) is 22.8. The zero-order chi connectivity index (χ0) is 29.4. The van der Waals surface area contributed by atoms with E-state index in [2.05, 4.69) is 20.3 Å². The Labute approximate surface area is 233 Å². The molecule has 3 atom stereocenters. The molecule has 0 spiro atoms. The highest BCUT2D eigenvalue weighted by Crippen LogP contribution is 2.23. The number of rotatable bonds is 12. The summed E-state index contributed by atoms with van der Waals surface area (Å²) in [6.45, 7) is 4.78. The molecular weight excluding hydrogens is 542 g/mol. The van der Waals surface area contributed by atoms with Crippen LogP contribution in [0, 0.1) is 20.8 Å². The maximum Gasteiger partial charge on any atom is 0.409 e. The smallest absolute Gasteiger partial charge is 0.409 e. The molecule has 1 aromatic heterocycles. The predicted octanol–water partition coefficient (Wildman–Crippen LogP) is 1.19. The summed E-state index contributed by atoms with van der Waals surface area (Å²) < 4.78 is 38.7. The Morgan fingerprint density at radius 2 is 1.88 bits per heavy atom. The summed E-state index contributed by atoms with van der Waals surface area (Å²) in [6, 6.07) is 6.93. The van der Waals surface area contributed by atoms with Gasteiger partial charge in [0.2, 0.25) is 15.9 Å². The van der Waals surface area contributed by atoms with E-state index in [0.29, 0.717) is 29.9 Å². The molecule has 2 amide bonds. The molecule has 13 nitrogen and oxygen atoms in total. The fourth-order valence-corrected chi connectivity index (χ4v) is 6.34. The van der Waals surface area contributed by atoms with Gasteiger partial charge in [0.25, 0.3) is 0 Å². The van der Waals surface area contributed by atoms with Crippen LogP contribution in [0.25, 0.3) is 0 Å². The lowest BCUT2D eigenvalue weighted by Gasteiger charge is -2.23. The van der Waals surface area contributed by atoms with Gasteiger partial charge in [0.1, 0.15) is 18.5 Å². The standard InChI is InChI=1S/C26H35N5O8S/c1-16-9-17(2)24(18(3)10-16)40(36,37)30-21(25(33)34)13-29-23(32)15-39-20-11-19(31(14-20)26(35)38-4)12-28-22-7-5-6-8-27-22/h5-10,19-21,30H,11-15H2,1-4H3,(H,27,28)(H,29,32)(H,33,34)/t19-,20+,21-/m0/s1. The maximum absolute atomic E-state index is 13.0. The molecule has 1 aliphatic rings. The van der Waals surface area contributed by atoms with Gasteiger partial charge in [-0.25, -0.2) is 18.2 Å². The van der Waals surface area contributed by atoms with Gasteiger partial charge in [-0.15, -0.1) is 0 Å². The number of sulfonamides is 1. The SMILES string of the molecule is COC(=O)N1C[C@H](OCC(=O)NC[C@H](NS(=O)(=O)c2c(C)cc(C)cc2C)C(=O)O)C[C@H]1CNc1ccccn1. The van der Waals surface area contributed by atoms with Gasteiger partial charge in [-0.1, -0.05) is 23.8 Å². The quantitative estimate of drug-likeness (QED) is 0.287. The van der Waals surface area contributed by atoms with Gasteiger partial charge in [0, 0.05) is 19.3 Å². The van der Waals surface area contributed by atoms with Crippen molar-refractivity contribution in [2.24, 2.45) is 0 Å². The Morgan fingerprint density at radius 1 is 1.18 bits per heavy atom. The number of likely N-dealkylation sites (tertiary alicyclic amines) is 1. The number of pyridine rings is 1. The van der Waals surface area contributed by atoms with Crippen molar-refractivity contribution in [3.05, 3.63) is 53.2 Å². The number of benzene rings is 1. The van der Waals surface area contributed by atoms with Crippen LogP contribution in [0.5, 0.6) is 0 Å². The maximum atomic E-state index is 13.0. The fraction of sp³-hybridized carbons (Fsp3) is 0.462. The van der Waals surface area contributed by atoms with Crippen LogP contribution in [0.3, 0.4) is 0 Å². The van der Waals surface area contributed by atoms with Crippen LogP contribution in [0.15, 0.2) is 41.4 Å². The highest BCUT2D eigenvalue weighted by atomic mass is 32.2. The highest BCUT2D eigenvalue weighted by molar-refractivity contribution is 7.89. The average molecular weight is 578 g/mol. The van der Waals surface area contributed by atoms with Gasteiger partial charge in [0.15, 0.2) is 0 Å². The second-order valence-electron chi connectivity index (χ2n) is 9.58. The lowest BCUT2D eigenvalue weighted by atomic mass is 10.1. The van der Waals surface area contributed by atoms with E-state index in [9.17, 15) is 27.9 Å². The summed E-state index contributed by atoms with van der Waals surface area (Å²) in [5.41, 5.74) is 1.85. The molecule has 1 aliphatic heterocycles. The van der Waals surface area contributed by atoms with E-state index < -0.39 is 53.3 Å². The number of carboxylic acid groups (broad SMARTS) is 1. The number of carbonyl (C=O) groups is 3. The number of aliphatic carboxylic acids is 1. The number of hydrogen-bond acceptors (Lipinski definition) is 9. The van der Waals surface area contributed by atoms with E-state index in [0.717, 1.165) is 5.56 Å². The van der Waals surface area contributed by atoms with Gasteiger partial charge in [-0.2, -0.15) is 4.72 Å². The summed E-state index contributed by atoms with van der Waals surface area (Å²) in [6.07, 6.45) is 1.07. The number of aromatic nitrogens is 1. The first-order chi connectivity index (χ1) is 18.9. The minimum atomic E-state index is -4.18. The van der Waals surface area contributed by atoms with E-state index >= 15 is 0 Å². The molecule has 1 fully saturated rings. The van der Waals surface area contributed by atoms with Crippen molar-refractivity contribution in [3.63, 3.8) is 0 Å². The monoisotopic (exact) mass is 577 g/mol. The van der Waals surface area contributed by atoms with Crippen molar-refractivity contribution in [2.75, 3.05) is 38.7 Å². The molecule has 2 aromatic rings. The number of anilines is 1. The first-order valence-electron chi connectivity index (χ1n) is 12.6. The molecule has 218 valence electrons. The summed E-state index contributed by atoms with van der Waals surface area (Å²) in [7, 11) is -2.90. The zero-order valence-corrected chi connectivity index (χ0v) is 23.7. The Balaban J connectivity index is 1.54. The number of carboxylic acids is 1. The van der Waals surface area contributed by atoms with Crippen molar-refractivity contribution in [3.8, 4) is 0 Å². The minimum Gasteiger partial charge on any atom is -0.480 e. The third-order valence-corrected chi connectivity index (χ3v) is 8.17. The Morgan fingerprint density at radius 3 is 2.48 bits per heavy atom. The molecule has 0 aliphatic carbocycles. The van der Waals surface area contributed by atoms with E-state index in [1.807, 2.05) is 13.0 Å². The topological polar surface area (TPSA) is 176 Å². The molecule has 0 radical (unpaired) electrons. The molecule has 1 aromatic carbocycles. The van der Waals surface area contributed by atoms with E-state index in [1.54, 1.807) is 44.3 Å². The van der Waals surface area contributed by atoms with E-state index in [-0.39, 0.29) is 17.5 Å². The number of nitrogens with one attached hydrogen (secondary N) is 3. The van der Waals surface area contributed by atoms with Gasteiger partial charge in [-0.3, -0.25) is 9.59 Å². The van der Waals surface area contributed by atoms with E-state index in [1.165, 1.54) is 12.0 Å². The van der Waals surface area contributed by atoms with Crippen LogP contribution in [-0.4, -0.2) is 92.9 Å². The predicted molar refractivity (Wildman–Crippen MR) is 145 cm³/mol. The number of methoxy groups -OCH3 is 1. The van der Waals surface area contributed by atoms with Crippen LogP contribution in [-0.2, 0) is 29.1 Å². The van der Waals surface area contributed by atoms with Gasteiger partial charge in [-0.05, 0) is 50.5 Å². The van der Waals surface area contributed by atoms with Gasteiger partial charge in [0.05, 0.1) is 30.7 Å². The van der Waals surface area contributed by atoms with Gasteiger partial charge >= 0.3 is 12.1 Å². The largest absolute Gasteiger partial charge is 0.480 e. The molecule has 1 saturated heterocycles. The number of amides is 2. The number of carbonyl (C=O) groups excluding carboxylic acids is 2. The Kier molecular flexibility index (Phi) is 10.4. The Hall–Kier alpha value is -3.75. The molecule has 0 unspecified atom stereocenters. The number of ether oxygens (including phenoxy) is 2. The third kappa shape index (κ3) is 8.13. The number of hydrogen-bond donors (Lipinski definition) is 4. The summed E-state index contributed by atoms with van der Waals surface area (Å²) in [4.78, 5) is 42.2. The number of aryl methyl sites for hydroxylation is 3. The van der Waals surface area contributed by atoms with Gasteiger partial charge < -0.3 is 30.1 Å². The molecular formula is C26H35N5O8S. The molecule has 0 bridgehead atoms. The van der Waals surface area contributed by atoms with Crippen LogP contribution < -0.4 is 15.4 Å². The van der Waals surface area contributed by atoms with Crippen LogP contribution in [0.1, 0.15) is 23.1 Å². The van der Waals surface area contributed by atoms with Crippen molar-refractivity contribution in [2.45, 2.75) is 50.3 Å². The second kappa shape index (κ2) is 13.5. The lowest BCUT2D eigenvalue weighted by molar-refractivity contribution is -0.139. The van der Waals surface area contributed by atoms with Crippen LogP contribution >= 0.6 is 0 Å². The molecule has 0 saturated carbocycles.